The van der Waals surface area contributed by atoms with Gasteiger partial charge in [0.2, 0.25) is 0 Å². The zero-order valence-corrected chi connectivity index (χ0v) is 16.5. The Hall–Kier alpha value is -4.22. The van der Waals surface area contributed by atoms with Gasteiger partial charge in [-0.1, -0.05) is 0 Å². The third-order valence-electron chi connectivity index (χ3n) is 5.41. The van der Waals surface area contributed by atoms with Gasteiger partial charge in [0.15, 0.2) is 0 Å². The molecule has 0 radical (unpaired) electrons. The summed E-state index contributed by atoms with van der Waals surface area (Å²) in [6.45, 7) is 0. The molecule has 12 heteroatoms. The molecule has 2 aromatic rings. The lowest BCUT2D eigenvalue weighted by Gasteiger charge is -2.30. The number of hydrogen-bond acceptors (Lipinski definition) is 8. The Balaban J connectivity index is 1.87. The van der Waals surface area contributed by atoms with E-state index in [2.05, 4.69) is 0 Å². The van der Waals surface area contributed by atoms with Gasteiger partial charge in [0, 0.05) is 35.4 Å². The van der Waals surface area contributed by atoms with Crippen LogP contribution in [0.2, 0.25) is 0 Å². The average Bonchev–Trinajstić information content (AvgIpc) is 2.73. The highest BCUT2D eigenvalue weighted by Crippen LogP contribution is 2.46. The first kappa shape index (κ1) is 22.5. The molecular weight excluding hydrogens is 428 g/mol. The number of nitrogens with zero attached hydrogens (tertiary/aromatic N) is 2. The number of benzene rings is 2. The number of carboxylic acid groups (broad SMARTS) is 2. The van der Waals surface area contributed by atoms with Crippen molar-refractivity contribution in [2.45, 2.75) is 37.5 Å². The number of carbonyl (C=O) groups is 2. The van der Waals surface area contributed by atoms with Gasteiger partial charge in [0.25, 0.3) is 11.4 Å². The first-order valence-corrected chi connectivity index (χ1v) is 9.54. The van der Waals surface area contributed by atoms with Gasteiger partial charge in [-0.3, -0.25) is 20.2 Å². The number of non-ortho nitro benzene ring substituents is 2. The summed E-state index contributed by atoms with van der Waals surface area (Å²) < 4.78 is 9.57. The van der Waals surface area contributed by atoms with Crippen molar-refractivity contribution in [1.82, 2.24) is 0 Å². The number of nitro groups is 2. The predicted molar refractivity (Wildman–Crippen MR) is 107 cm³/mol. The molecule has 2 aromatic carbocycles. The maximum atomic E-state index is 11.2. The second kappa shape index (κ2) is 9.29. The van der Waals surface area contributed by atoms with Gasteiger partial charge in [-0.05, 0) is 49.7 Å². The van der Waals surface area contributed by atoms with Crippen molar-refractivity contribution in [3.05, 3.63) is 67.8 Å². The van der Waals surface area contributed by atoms with Crippen LogP contribution in [0.1, 0.15) is 48.6 Å². The Bertz CT molecular complexity index is 991. The second-order valence-electron chi connectivity index (χ2n) is 7.24. The van der Waals surface area contributed by atoms with Gasteiger partial charge in [-0.2, -0.15) is 0 Å². The highest BCUT2D eigenvalue weighted by Gasteiger charge is 2.30. The molecule has 3 rings (SSSR count). The second-order valence-corrected chi connectivity index (χ2v) is 7.24. The maximum Gasteiger partial charge on any atom is 0.511 e. The molecule has 12 nitrogen and oxygen atoms in total. The molecule has 1 aliphatic carbocycles. The van der Waals surface area contributed by atoms with E-state index in [9.17, 15) is 29.8 Å². The summed E-state index contributed by atoms with van der Waals surface area (Å²) in [6.07, 6.45) is -1.20. The van der Waals surface area contributed by atoms with E-state index in [0.29, 0.717) is 36.8 Å². The molecule has 1 fully saturated rings. The molecule has 0 amide bonds. The largest absolute Gasteiger partial charge is 0.511 e. The van der Waals surface area contributed by atoms with E-state index in [-0.39, 0.29) is 34.7 Å². The van der Waals surface area contributed by atoms with E-state index >= 15 is 0 Å². The van der Waals surface area contributed by atoms with E-state index < -0.39 is 22.2 Å². The van der Waals surface area contributed by atoms with E-state index in [1.165, 1.54) is 24.3 Å². The molecule has 32 heavy (non-hydrogen) atoms. The Morgan fingerprint density at radius 1 is 0.750 bits per heavy atom. The summed E-state index contributed by atoms with van der Waals surface area (Å²) in [4.78, 5) is 43.1. The molecule has 0 heterocycles. The molecule has 0 aliphatic heterocycles. The standard InChI is InChI=1S/C20H18N2O10/c23-19(24)31-17-7-5-13(21(27)28)9-15(17)11-1-2-12(4-3-11)16-10-14(22(29)30)6-8-18(16)32-20(25)26/h5-12H,1-4H2,(H,23,24)(H,25,26). The summed E-state index contributed by atoms with van der Waals surface area (Å²) in [5.41, 5.74) is 0.383. The van der Waals surface area contributed by atoms with Crippen molar-refractivity contribution in [2.24, 2.45) is 0 Å². The van der Waals surface area contributed by atoms with E-state index in [4.69, 9.17) is 19.7 Å². The van der Waals surface area contributed by atoms with Crippen molar-refractivity contribution >= 4 is 23.7 Å². The average molecular weight is 446 g/mol. The first-order chi connectivity index (χ1) is 15.2. The lowest BCUT2D eigenvalue weighted by atomic mass is 9.75. The van der Waals surface area contributed by atoms with Gasteiger partial charge >= 0.3 is 12.3 Å². The molecule has 0 aromatic heterocycles. The van der Waals surface area contributed by atoms with Crippen LogP contribution in [0.25, 0.3) is 0 Å². The Morgan fingerprint density at radius 3 is 1.38 bits per heavy atom. The van der Waals surface area contributed by atoms with E-state index in [1.807, 2.05) is 0 Å². The van der Waals surface area contributed by atoms with Crippen LogP contribution in [0.5, 0.6) is 11.5 Å². The van der Waals surface area contributed by atoms with Gasteiger partial charge < -0.3 is 19.7 Å². The molecule has 168 valence electrons. The molecule has 0 unspecified atom stereocenters. The smallest absolute Gasteiger partial charge is 0.449 e. The Kier molecular flexibility index (Phi) is 6.52. The topological polar surface area (TPSA) is 179 Å². The summed E-state index contributed by atoms with van der Waals surface area (Å²) in [6, 6.07) is 7.38. The van der Waals surface area contributed by atoms with E-state index in [0.717, 1.165) is 12.1 Å². The monoisotopic (exact) mass is 446 g/mol. The van der Waals surface area contributed by atoms with Crippen molar-refractivity contribution < 1.29 is 39.1 Å². The van der Waals surface area contributed by atoms with Crippen molar-refractivity contribution in [3.8, 4) is 11.5 Å². The number of hydrogen-bond donors (Lipinski definition) is 2. The minimum Gasteiger partial charge on any atom is -0.449 e. The fraction of sp³-hybridized carbons (Fsp3) is 0.300. The minimum absolute atomic E-state index is 0.0109. The van der Waals surface area contributed by atoms with Gasteiger partial charge in [0.05, 0.1) is 9.85 Å². The Morgan fingerprint density at radius 2 is 1.09 bits per heavy atom. The number of rotatable bonds is 6. The van der Waals surface area contributed by atoms with Crippen LogP contribution in [0, 0.1) is 20.2 Å². The number of nitro benzene ring substituents is 2. The molecule has 1 saturated carbocycles. The normalized spacial score (nSPS) is 17.9. The summed E-state index contributed by atoms with van der Waals surface area (Å²) in [5.74, 6) is -0.473. The minimum atomic E-state index is -1.54. The van der Waals surface area contributed by atoms with Crippen LogP contribution in [0.4, 0.5) is 21.0 Å². The third-order valence-corrected chi connectivity index (χ3v) is 5.41. The molecule has 1 aliphatic rings. The lowest BCUT2D eigenvalue weighted by Crippen LogP contribution is -2.16. The van der Waals surface area contributed by atoms with E-state index in [1.54, 1.807) is 0 Å². The number of ether oxygens (including phenoxy) is 2. The van der Waals surface area contributed by atoms with Crippen LogP contribution in [-0.2, 0) is 0 Å². The van der Waals surface area contributed by atoms with Crippen LogP contribution < -0.4 is 9.47 Å². The van der Waals surface area contributed by atoms with Gasteiger partial charge in [-0.25, -0.2) is 9.59 Å². The SMILES string of the molecule is O=C(O)Oc1ccc([N+](=O)[O-])cc1C1CCC(c2cc([N+](=O)[O-])ccc2OC(=O)O)CC1. The molecule has 0 saturated heterocycles. The summed E-state index contributed by atoms with van der Waals surface area (Å²) >= 11 is 0. The highest BCUT2D eigenvalue weighted by molar-refractivity contribution is 5.64. The molecule has 2 N–H and O–H groups in total. The summed E-state index contributed by atoms with van der Waals surface area (Å²) in [7, 11) is 0. The maximum absolute atomic E-state index is 11.2. The molecule has 0 bridgehead atoms. The third kappa shape index (κ3) is 5.09. The Labute approximate surface area is 180 Å². The van der Waals surface area contributed by atoms with Crippen LogP contribution in [0.3, 0.4) is 0 Å². The first-order valence-electron chi connectivity index (χ1n) is 9.54. The lowest BCUT2D eigenvalue weighted by molar-refractivity contribution is -0.385. The quantitative estimate of drug-likeness (QED) is 0.263. The highest BCUT2D eigenvalue weighted by atomic mass is 16.7. The molecule has 0 atom stereocenters. The van der Waals surface area contributed by atoms with Crippen molar-refractivity contribution in [3.63, 3.8) is 0 Å². The molecule has 0 spiro atoms. The van der Waals surface area contributed by atoms with Gasteiger partial charge in [-0.15, -0.1) is 0 Å². The molecular formula is C20H18N2O10. The van der Waals surface area contributed by atoms with Crippen LogP contribution >= 0.6 is 0 Å². The zero-order chi connectivity index (χ0) is 23.4. The fourth-order valence-corrected chi connectivity index (χ4v) is 4.03. The summed E-state index contributed by atoms with van der Waals surface area (Å²) in [5, 5.41) is 40.2. The van der Waals surface area contributed by atoms with Crippen LogP contribution in [-0.4, -0.2) is 32.4 Å². The van der Waals surface area contributed by atoms with Crippen molar-refractivity contribution in [2.75, 3.05) is 0 Å². The van der Waals surface area contributed by atoms with Crippen molar-refractivity contribution in [1.29, 1.82) is 0 Å². The predicted octanol–water partition coefficient (Wildman–Crippen LogP) is 5.06. The van der Waals surface area contributed by atoms with Crippen LogP contribution in [0.15, 0.2) is 36.4 Å². The van der Waals surface area contributed by atoms with Gasteiger partial charge in [0.1, 0.15) is 11.5 Å². The fourth-order valence-electron chi connectivity index (χ4n) is 4.03. The zero-order valence-electron chi connectivity index (χ0n) is 16.5.